The lowest BCUT2D eigenvalue weighted by molar-refractivity contribution is -0.129. The van der Waals surface area contributed by atoms with E-state index in [2.05, 4.69) is 10.6 Å². The normalized spacial score (nSPS) is 19.3. The number of halogens is 1. The average Bonchev–Trinajstić information content (AvgIpc) is 2.56. The third-order valence-electron chi connectivity index (χ3n) is 3.96. The van der Waals surface area contributed by atoms with Gasteiger partial charge in [-0.05, 0) is 37.1 Å². The summed E-state index contributed by atoms with van der Waals surface area (Å²) in [7, 11) is 1.61. The molecular formula is C17H25ClN2O3. The van der Waals surface area contributed by atoms with Crippen LogP contribution in [0, 0.1) is 5.92 Å². The molecule has 1 aliphatic rings. The van der Waals surface area contributed by atoms with Crippen LogP contribution in [-0.2, 0) is 14.3 Å². The van der Waals surface area contributed by atoms with Gasteiger partial charge in [0.2, 0.25) is 5.91 Å². The van der Waals surface area contributed by atoms with Crippen LogP contribution in [0.4, 0.5) is 0 Å². The van der Waals surface area contributed by atoms with Gasteiger partial charge in [-0.2, -0.15) is 0 Å². The summed E-state index contributed by atoms with van der Waals surface area (Å²) in [5.74, 6) is 0.215. The fraction of sp³-hybridized carbons (Fsp3) is 0.588. The van der Waals surface area contributed by atoms with Gasteiger partial charge in [-0.1, -0.05) is 23.7 Å². The molecule has 0 radical (unpaired) electrons. The molecule has 6 heteroatoms. The van der Waals surface area contributed by atoms with Gasteiger partial charge in [-0.3, -0.25) is 4.79 Å². The number of rotatable bonds is 8. The molecule has 1 aromatic carbocycles. The minimum Gasteiger partial charge on any atom is -0.383 e. The lowest BCUT2D eigenvalue weighted by Crippen LogP contribution is -2.36. The van der Waals surface area contributed by atoms with E-state index in [1.54, 1.807) is 7.11 Å². The number of benzene rings is 1. The van der Waals surface area contributed by atoms with Crippen molar-refractivity contribution in [3.63, 3.8) is 0 Å². The Balaban J connectivity index is 1.97. The van der Waals surface area contributed by atoms with E-state index >= 15 is 0 Å². The van der Waals surface area contributed by atoms with Crippen LogP contribution in [0.1, 0.15) is 24.5 Å². The molecule has 1 unspecified atom stereocenters. The molecule has 1 amide bonds. The molecule has 2 rings (SSSR count). The molecule has 1 saturated heterocycles. The first-order chi connectivity index (χ1) is 11.2. The van der Waals surface area contributed by atoms with E-state index in [-0.39, 0.29) is 18.6 Å². The van der Waals surface area contributed by atoms with E-state index in [0.717, 1.165) is 31.5 Å². The van der Waals surface area contributed by atoms with Gasteiger partial charge in [0.05, 0.1) is 12.7 Å². The molecule has 0 bridgehead atoms. The van der Waals surface area contributed by atoms with Gasteiger partial charge < -0.3 is 20.1 Å². The zero-order valence-electron chi connectivity index (χ0n) is 13.5. The maximum absolute atomic E-state index is 11.9. The monoisotopic (exact) mass is 340 g/mol. The van der Waals surface area contributed by atoms with E-state index in [4.69, 9.17) is 21.1 Å². The minimum atomic E-state index is -0.130. The highest BCUT2D eigenvalue weighted by molar-refractivity contribution is 6.30. The largest absolute Gasteiger partial charge is 0.383 e. The molecule has 0 aliphatic carbocycles. The summed E-state index contributed by atoms with van der Waals surface area (Å²) >= 11 is 6.11. The highest BCUT2D eigenvalue weighted by Gasteiger charge is 2.26. The standard InChI is InChI=1S/C17H25ClN2O3/c1-22-9-8-20-16(21)12-23-17(14-5-3-7-19-11-14)13-4-2-6-15(18)10-13/h2,4,6,10,14,17,19H,3,5,7-9,11-12H2,1H3,(H,20,21)/t14?,17-/m0/s1. The predicted octanol–water partition coefficient (Wildman–Crippen LogP) is 2.16. The number of nitrogens with one attached hydrogen (secondary N) is 2. The van der Waals surface area contributed by atoms with Crippen molar-refractivity contribution in [1.82, 2.24) is 10.6 Å². The van der Waals surface area contributed by atoms with Crippen molar-refractivity contribution in [2.45, 2.75) is 18.9 Å². The van der Waals surface area contributed by atoms with Gasteiger partial charge in [0.15, 0.2) is 0 Å². The van der Waals surface area contributed by atoms with E-state index in [1.165, 1.54) is 0 Å². The van der Waals surface area contributed by atoms with Crippen molar-refractivity contribution in [3.05, 3.63) is 34.9 Å². The summed E-state index contributed by atoms with van der Waals surface area (Å²) in [4.78, 5) is 11.9. The molecule has 23 heavy (non-hydrogen) atoms. The van der Waals surface area contributed by atoms with Gasteiger partial charge in [-0.15, -0.1) is 0 Å². The number of ether oxygens (including phenoxy) is 2. The minimum absolute atomic E-state index is 0.0391. The SMILES string of the molecule is COCCNC(=O)CO[C@@H](c1cccc(Cl)c1)C1CCCNC1. The maximum atomic E-state index is 11.9. The Morgan fingerprint density at radius 1 is 1.52 bits per heavy atom. The topological polar surface area (TPSA) is 59.6 Å². The van der Waals surface area contributed by atoms with E-state index < -0.39 is 0 Å². The Hall–Kier alpha value is -1.14. The van der Waals surface area contributed by atoms with E-state index in [9.17, 15) is 4.79 Å². The molecule has 1 aliphatic heterocycles. The molecule has 2 N–H and O–H groups in total. The molecular weight excluding hydrogens is 316 g/mol. The summed E-state index contributed by atoms with van der Waals surface area (Å²) in [5.41, 5.74) is 1.02. The summed E-state index contributed by atoms with van der Waals surface area (Å²) in [6, 6.07) is 7.69. The van der Waals surface area contributed by atoms with Crippen molar-refractivity contribution >= 4 is 17.5 Å². The molecule has 0 aromatic heterocycles. The third kappa shape index (κ3) is 6.11. The number of methoxy groups -OCH3 is 1. The first kappa shape index (κ1) is 18.2. The number of carbonyl (C=O) groups excluding carboxylic acids is 1. The summed E-state index contributed by atoms with van der Waals surface area (Å²) < 4.78 is 10.9. The van der Waals surface area contributed by atoms with Gasteiger partial charge in [0.25, 0.3) is 0 Å². The van der Waals surface area contributed by atoms with Crippen molar-refractivity contribution in [2.75, 3.05) is 40.0 Å². The number of amides is 1. The molecule has 1 aromatic rings. The predicted molar refractivity (Wildman–Crippen MR) is 90.6 cm³/mol. The van der Waals surface area contributed by atoms with Crippen molar-refractivity contribution in [3.8, 4) is 0 Å². The Bertz CT molecular complexity index is 492. The lowest BCUT2D eigenvalue weighted by atomic mass is 9.89. The fourth-order valence-corrected chi connectivity index (χ4v) is 3.03. The number of carbonyl (C=O) groups is 1. The quantitative estimate of drug-likeness (QED) is 0.712. The van der Waals surface area contributed by atoms with Crippen molar-refractivity contribution < 1.29 is 14.3 Å². The van der Waals surface area contributed by atoms with Gasteiger partial charge in [0, 0.05) is 31.1 Å². The van der Waals surface area contributed by atoms with Crippen molar-refractivity contribution in [1.29, 1.82) is 0 Å². The second-order valence-electron chi connectivity index (χ2n) is 5.74. The molecule has 0 saturated carbocycles. The van der Waals surface area contributed by atoms with Gasteiger partial charge in [0.1, 0.15) is 6.61 Å². The maximum Gasteiger partial charge on any atom is 0.246 e. The van der Waals surface area contributed by atoms with Crippen LogP contribution in [-0.4, -0.2) is 45.9 Å². The third-order valence-corrected chi connectivity index (χ3v) is 4.20. The van der Waals surface area contributed by atoms with Crippen LogP contribution in [0.2, 0.25) is 5.02 Å². The number of hydrogen-bond acceptors (Lipinski definition) is 4. The Labute approximate surface area is 142 Å². The molecule has 2 atom stereocenters. The molecule has 0 spiro atoms. The highest BCUT2D eigenvalue weighted by atomic mass is 35.5. The highest BCUT2D eigenvalue weighted by Crippen LogP contribution is 2.31. The molecule has 128 valence electrons. The van der Waals surface area contributed by atoms with Crippen LogP contribution in [0.15, 0.2) is 24.3 Å². The molecule has 1 heterocycles. The van der Waals surface area contributed by atoms with Gasteiger partial charge >= 0.3 is 0 Å². The van der Waals surface area contributed by atoms with Gasteiger partial charge in [-0.25, -0.2) is 0 Å². The summed E-state index contributed by atoms with van der Waals surface area (Å²) in [6.45, 7) is 2.96. The first-order valence-corrected chi connectivity index (χ1v) is 8.42. The Kier molecular flexibility index (Phi) is 7.82. The summed E-state index contributed by atoms with van der Waals surface area (Å²) in [6.07, 6.45) is 2.07. The number of piperidine rings is 1. The van der Waals surface area contributed by atoms with Crippen LogP contribution in [0.5, 0.6) is 0 Å². The van der Waals surface area contributed by atoms with Crippen LogP contribution >= 0.6 is 11.6 Å². The zero-order valence-corrected chi connectivity index (χ0v) is 14.3. The van der Waals surface area contributed by atoms with Crippen LogP contribution < -0.4 is 10.6 Å². The summed E-state index contributed by atoms with van der Waals surface area (Å²) in [5, 5.41) is 6.86. The molecule has 1 fully saturated rings. The lowest BCUT2D eigenvalue weighted by Gasteiger charge is -2.31. The average molecular weight is 341 g/mol. The van der Waals surface area contributed by atoms with Crippen LogP contribution in [0.3, 0.4) is 0 Å². The van der Waals surface area contributed by atoms with E-state index in [1.807, 2.05) is 24.3 Å². The molecule has 5 nitrogen and oxygen atoms in total. The van der Waals surface area contributed by atoms with Crippen LogP contribution in [0.25, 0.3) is 0 Å². The van der Waals surface area contributed by atoms with Crippen molar-refractivity contribution in [2.24, 2.45) is 5.92 Å². The smallest absolute Gasteiger partial charge is 0.246 e. The second-order valence-corrected chi connectivity index (χ2v) is 6.17. The van der Waals surface area contributed by atoms with E-state index in [0.29, 0.717) is 24.1 Å². The second kappa shape index (κ2) is 9.88. The number of hydrogen-bond donors (Lipinski definition) is 2. The zero-order chi connectivity index (χ0) is 16.5. The Morgan fingerprint density at radius 2 is 2.39 bits per heavy atom. The first-order valence-electron chi connectivity index (χ1n) is 8.04. The Morgan fingerprint density at radius 3 is 3.09 bits per heavy atom. The fourth-order valence-electron chi connectivity index (χ4n) is 2.83.